The summed E-state index contributed by atoms with van der Waals surface area (Å²) in [4.78, 5) is 20.7. The molecular weight excluding hydrogens is 337 g/mol. The van der Waals surface area contributed by atoms with Gasteiger partial charge in [-0.3, -0.25) is 4.79 Å². The minimum atomic E-state index is -4.54. The summed E-state index contributed by atoms with van der Waals surface area (Å²) in [5, 5.41) is 2.83. The fourth-order valence-corrected chi connectivity index (χ4v) is 2.97. The van der Waals surface area contributed by atoms with Crippen molar-refractivity contribution in [2.24, 2.45) is 0 Å². The highest BCUT2D eigenvalue weighted by molar-refractivity contribution is 5.73. The second-order valence-electron chi connectivity index (χ2n) is 6.01. The van der Waals surface area contributed by atoms with Gasteiger partial charge in [-0.2, -0.15) is 13.2 Å². The number of alkyl halides is 3. The van der Waals surface area contributed by atoms with Crippen molar-refractivity contribution in [1.29, 1.82) is 0 Å². The average molecular weight is 354 g/mol. The highest BCUT2D eigenvalue weighted by Gasteiger charge is 2.39. The zero-order valence-electron chi connectivity index (χ0n) is 13.7. The van der Waals surface area contributed by atoms with Gasteiger partial charge in [0.2, 0.25) is 11.9 Å². The molecular formula is C16H17F3N4O2. The summed E-state index contributed by atoms with van der Waals surface area (Å²) in [6.07, 6.45) is -3.45. The van der Waals surface area contributed by atoms with Crippen LogP contribution in [0.25, 0.3) is 0 Å². The molecule has 1 aliphatic rings. The number of aryl methyl sites for hydroxylation is 1. The van der Waals surface area contributed by atoms with Crippen molar-refractivity contribution in [1.82, 2.24) is 15.3 Å². The van der Waals surface area contributed by atoms with Gasteiger partial charge >= 0.3 is 6.18 Å². The van der Waals surface area contributed by atoms with Crippen LogP contribution in [0.2, 0.25) is 0 Å². The van der Waals surface area contributed by atoms with Crippen LogP contribution in [-0.2, 0) is 11.0 Å². The van der Waals surface area contributed by atoms with Gasteiger partial charge in [0.1, 0.15) is 17.2 Å². The number of nitrogens with zero attached hydrogens (tertiary/aromatic N) is 3. The molecule has 0 unspecified atom stereocenters. The van der Waals surface area contributed by atoms with E-state index in [2.05, 4.69) is 15.3 Å². The lowest BCUT2D eigenvalue weighted by molar-refractivity contribution is -0.141. The number of carbonyl (C=O) groups is 1. The van der Waals surface area contributed by atoms with Gasteiger partial charge in [0.15, 0.2) is 0 Å². The van der Waals surface area contributed by atoms with Crippen molar-refractivity contribution in [2.45, 2.75) is 32.0 Å². The van der Waals surface area contributed by atoms with E-state index in [9.17, 15) is 18.0 Å². The first kappa shape index (κ1) is 17.2. The molecule has 0 saturated carbocycles. The first-order valence-corrected chi connectivity index (χ1v) is 7.72. The monoisotopic (exact) mass is 354 g/mol. The summed E-state index contributed by atoms with van der Waals surface area (Å²) in [5.74, 6) is 0.966. The first-order chi connectivity index (χ1) is 11.7. The summed E-state index contributed by atoms with van der Waals surface area (Å²) in [6.45, 7) is 3.85. The zero-order valence-corrected chi connectivity index (χ0v) is 13.7. The quantitative estimate of drug-likeness (QED) is 0.917. The van der Waals surface area contributed by atoms with Crippen LogP contribution in [0.3, 0.4) is 0 Å². The number of aromatic nitrogens is 2. The van der Waals surface area contributed by atoms with Crippen LogP contribution in [0, 0.1) is 6.92 Å². The number of halogens is 3. The molecule has 1 saturated heterocycles. The summed E-state index contributed by atoms with van der Waals surface area (Å²) >= 11 is 0. The van der Waals surface area contributed by atoms with Gasteiger partial charge in [-0.25, -0.2) is 9.97 Å². The minimum absolute atomic E-state index is 0.0176. The zero-order chi connectivity index (χ0) is 18.2. The third-order valence-corrected chi connectivity index (χ3v) is 4.05. The number of amides is 1. The van der Waals surface area contributed by atoms with Gasteiger partial charge in [-0.15, -0.1) is 0 Å². The third-order valence-electron chi connectivity index (χ3n) is 4.05. The van der Waals surface area contributed by atoms with Gasteiger partial charge in [0.05, 0.1) is 12.0 Å². The maximum atomic E-state index is 12.9. The van der Waals surface area contributed by atoms with Crippen molar-refractivity contribution in [3.05, 3.63) is 41.6 Å². The Balaban J connectivity index is 1.87. The van der Waals surface area contributed by atoms with Gasteiger partial charge in [0.25, 0.3) is 0 Å². The lowest BCUT2D eigenvalue weighted by atomic mass is 10.0. The summed E-state index contributed by atoms with van der Waals surface area (Å²) < 4.78 is 44.2. The van der Waals surface area contributed by atoms with E-state index in [1.54, 1.807) is 11.8 Å². The number of furan rings is 1. The van der Waals surface area contributed by atoms with Crippen molar-refractivity contribution >= 4 is 11.9 Å². The predicted molar refractivity (Wildman–Crippen MR) is 83.0 cm³/mol. The van der Waals surface area contributed by atoms with Gasteiger partial charge in [0, 0.05) is 26.2 Å². The Labute approximate surface area is 142 Å². The molecule has 2 aromatic heterocycles. The summed E-state index contributed by atoms with van der Waals surface area (Å²) in [6, 6.07) is 4.15. The third kappa shape index (κ3) is 3.75. The molecule has 1 aliphatic heterocycles. The number of nitrogens with one attached hydrogen (secondary N) is 1. The molecule has 0 bridgehead atoms. The molecule has 2 aromatic rings. The van der Waals surface area contributed by atoms with Crippen LogP contribution in [0.4, 0.5) is 19.1 Å². The number of hydrogen-bond acceptors (Lipinski definition) is 5. The molecule has 1 fully saturated rings. The Bertz CT molecular complexity index is 775. The van der Waals surface area contributed by atoms with E-state index in [0.29, 0.717) is 18.8 Å². The lowest BCUT2D eigenvalue weighted by Gasteiger charge is -2.17. The van der Waals surface area contributed by atoms with Gasteiger partial charge in [-0.05, 0) is 25.1 Å². The van der Waals surface area contributed by atoms with Crippen LogP contribution < -0.4 is 10.2 Å². The maximum absolute atomic E-state index is 12.9. The van der Waals surface area contributed by atoms with Crippen LogP contribution in [0.15, 0.2) is 28.8 Å². The van der Waals surface area contributed by atoms with Crippen molar-refractivity contribution in [2.75, 3.05) is 18.0 Å². The van der Waals surface area contributed by atoms with Crippen molar-refractivity contribution in [3.63, 3.8) is 0 Å². The van der Waals surface area contributed by atoms with E-state index in [1.807, 2.05) is 12.1 Å². The second-order valence-corrected chi connectivity index (χ2v) is 6.01. The molecule has 1 N–H and O–H groups in total. The standard InChI is InChI=1S/C16H17F3N4O2/c1-9-3-4-13(25-9)11-7-23(8-12(11)21-10(2)24)15-20-6-5-14(22-15)16(17,18)19/h3-6,11-12H,7-8H2,1-2H3,(H,21,24)/t11-,12-/m1/s1. The molecule has 1 amide bonds. The fourth-order valence-electron chi connectivity index (χ4n) is 2.97. The molecule has 25 heavy (non-hydrogen) atoms. The number of rotatable bonds is 3. The molecule has 134 valence electrons. The number of hydrogen-bond donors (Lipinski definition) is 1. The summed E-state index contributed by atoms with van der Waals surface area (Å²) in [5.41, 5.74) is -0.995. The first-order valence-electron chi connectivity index (χ1n) is 7.72. The van der Waals surface area contributed by atoms with Crippen molar-refractivity contribution in [3.8, 4) is 0 Å². The van der Waals surface area contributed by atoms with E-state index >= 15 is 0 Å². The van der Waals surface area contributed by atoms with E-state index in [1.165, 1.54) is 6.92 Å². The summed E-state index contributed by atoms with van der Waals surface area (Å²) in [7, 11) is 0. The van der Waals surface area contributed by atoms with E-state index in [-0.39, 0.29) is 23.8 Å². The van der Waals surface area contributed by atoms with Crippen molar-refractivity contribution < 1.29 is 22.4 Å². The molecule has 0 aliphatic carbocycles. The van der Waals surface area contributed by atoms with Crippen LogP contribution in [-0.4, -0.2) is 35.0 Å². The number of anilines is 1. The van der Waals surface area contributed by atoms with E-state index in [4.69, 9.17) is 4.42 Å². The maximum Gasteiger partial charge on any atom is 0.433 e. The van der Waals surface area contributed by atoms with Gasteiger partial charge in [-0.1, -0.05) is 0 Å². The average Bonchev–Trinajstić information content (AvgIpc) is 3.12. The largest absolute Gasteiger partial charge is 0.466 e. The minimum Gasteiger partial charge on any atom is -0.466 e. The molecule has 9 heteroatoms. The van der Waals surface area contributed by atoms with Crippen LogP contribution in [0.1, 0.15) is 30.1 Å². The van der Waals surface area contributed by atoms with Crippen LogP contribution in [0.5, 0.6) is 0 Å². The SMILES string of the molecule is CC(=O)N[C@@H]1CN(c2nccc(C(F)(F)F)n2)C[C@H]1c1ccc(C)o1. The Kier molecular flexibility index (Phi) is 4.40. The second kappa shape index (κ2) is 6.38. The number of carbonyl (C=O) groups excluding carboxylic acids is 1. The molecule has 3 heterocycles. The highest BCUT2D eigenvalue weighted by atomic mass is 19.4. The smallest absolute Gasteiger partial charge is 0.433 e. The molecule has 0 radical (unpaired) electrons. The molecule has 6 nitrogen and oxygen atoms in total. The highest BCUT2D eigenvalue weighted by Crippen LogP contribution is 2.33. The fraction of sp³-hybridized carbons (Fsp3) is 0.438. The van der Waals surface area contributed by atoms with Crippen LogP contribution >= 0.6 is 0 Å². The van der Waals surface area contributed by atoms with E-state index < -0.39 is 11.9 Å². The topological polar surface area (TPSA) is 71.3 Å². The normalized spacial score (nSPS) is 20.8. The predicted octanol–water partition coefficient (Wildman–Crippen LogP) is 2.51. The molecule has 0 spiro atoms. The Morgan fingerprint density at radius 1 is 1.32 bits per heavy atom. The Morgan fingerprint density at radius 2 is 2.08 bits per heavy atom. The molecule has 3 rings (SSSR count). The van der Waals surface area contributed by atoms with E-state index in [0.717, 1.165) is 18.0 Å². The Hall–Kier alpha value is -2.58. The molecule has 2 atom stereocenters. The lowest BCUT2D eigenvalue weighted by Crippen LogP contribution is -2.38. The molecule has 0 aromatic carbocycles. The Morgan fingerprint density at radius 3 is 2.68 bits per heavy atom. The van der Waals surface area contributed by atoms with Gasteiger partial charge < -0.3 is 14.6 Å².